The molecule has 0 aliphatic rings. The second-order valence-electron chi connectivity index (χ2n) is 4.38. The zero-order valence-corrected chi connectivity index (χ0v) is 11.6. The molecule has 1 aromatic rings. The monoisotopic (exact) mass is 247 g/mol. The van der Waals surface area contributed by atoms with E-state index in [1.165, 1.54) is 0 Å². The Labute approximate surface area is 109 Å². The Morgan fingerprint density at radius 3 is 2.78 bits per heavy atom. The van der Waals surface area contributed by atoms with Crippen molar-refractivity contribution < 1.29 is 4.74 Å². The number of aryl methyl sites for hydroxylation is 1. The number of pyridine rings is 1. The summed E-state index contributed by atoms with van der Waals surface area (Å²) >= 11 is 0. The van der Waals surface area contributed by atoms with Crippen LogP contribution in [0.2, 0.25) is 0 Å². The lowest BCUT2D eigenvalue weighted by Crippen LogP contribution is -2.36. The molecule has 0 aliphatic heterocycles. The summed E-state index contributed by atoms with van der Waals surface area (Å²) in [5, 5.41) is 9.19. The molecule has 0 bridgehead atoms. The number of ether oxygens (including phenoxy) is 1. The smallest absolute Gasteiger partial charge is 0.147 e. The number of nitrogens with zero attached hydrogens (tertiary/aromatic N) is 3. The van der Waals surface area contributed by atoms with Gasteiger partial charge in [0.1, 0.15) is 11.9 Å². The molecule has 0 amide bonds. The Hall–Kier alpha value is -1.60. The van der Waals surface area contributed by atoms with Gasteiger partial charge in [-0.2, -0.15) is 5.26 Å². The predicted molar refractivity (Wildman–Crippen MR) is 72.7 cm³/mol. The zero-order valence-electron chi connectivity index (χ0n) is 11.6. The summed E-state index contributed by atoms with van der Waals surface area (Å²) in [6, 6.07) is 6.25. The summed E-state index contributed by atoms with van der Waals surface area (Å²) < 4.78 is 5.14. The third kappa shape index (κ3) is 3.44. The van der Waals surface area contributed by atoms with Crippen LogP contribution in [-0.2, 0) is 4.74 Å². The van der Waals surface area contributed by atoms with Crippen LogP contribution in [0.15, 0.2) is 12.1 Å². The van der Waals surface area contributed by atoms with Crippen LogP contribution in [0.3, 0.4) is 0 Å². The first-order chi connectivity index (χ1) is 8.63. The lowest BCUT2D eigenvalue weighted by molar-refractivity contribution is 0.203. The molecular formula is C14H21N3O. The highest BCUT2D eigenvalue weighted by Crippen LogP contribution is 2.21. The van der Waals surface area contributed by atoms with Gasteiger partial charge in [-0.05, 0) is 32.4 Å². The van der Waals surface area contributed by atoms with Crippen LogP contribution < -0.4 is 4.90 Å². The molecule has 1 unspecified atom stereocenters. The van der Waals surface area contributed by atoms with Crippen molar-refractivity contribution in [2.75, 3.05) is 25.2 Å². The maximum atomic E-state index is 9.19. The maximum absolute atomic E-state index is 9.19. The second kappa shape index (κ2) is 6.97. The first kappa shape index (κ1) is 14.5. The molecule has 0 aromatic carbocycles. The van der Waals surface area contributed by atoms with Crippen LogP contribution >= 0.6 is 0 Å². The largest absolute Gasteiger partial charge is 0.383 e. The highest BCUT2D eigenvalue weighted by atomic mass is 16.5. The van der Waals surface area contributed by atoms with E-state index in [1.54, 1.807) is 7.11 Å². The Kier molecular flexibility index (Phi) is 5.60. The third-order valence-electron chi connectivity index (χ3n) is 3.07. The van der Waals surface area contributed by atoms with Crippen LogP contribution in [0, 0.1) is 18.3 Å². The highest BCUT2D eigenvalue weighted by Gasteiger charge is 2.17. The Balaban J connectivity index is 3.11. The van der Waals surface area contributed by atoms with Gasteiger partial charge in [0.25, 0.3) is 0 Å². The van der Waals surface area contributed by atoms with E-state index in [9.17, 15) is 5.26 Å². The first-order valence-corrected chi connectivity index (χ1v) is 6.27. The molecule has 0 saturated heterocycles. The van der Waals surface area contributed by atoms with E-state index in [2.05, 4.69) is 29.8 Å². The van der Waals surface area contributed by atoms with Crippen molar-refractivity contribution in [3.05, 3.63) is 23.4 Å². The van der Waals surface area contributed by atoms with E-state index in [0.29, 0.717) is 18.2 Å². The number of nitriles is 1. The minimum Gasteiger partial charge on any atom is -0.383 e. The van der Waals surface area contributed by atoms with Crippen molar-refractivity contribution in [2.24, 2.45) is 0 Å². The number of rotatable bonds is 6. The lowest BCUT2D eigenvalue weighted by Gasteiger charge is -2.30. The van der Waals surface area contributed by atoms with Crippen molar-refractivity contribution in [1.29, 1.82) is 5.26 Å². The lowest BCUT2D eigenvalue weighted by atomic mass is 10.1. The highest BCUT2D eigenvalue weighted by molar-refractivity contribution is 5.54. The van der Waals surface area contributed by atoms with Gasteiger partial charge in [0.05, 0.1) is 12.2 Å². The van der Waals surface area contributed by atoms with Gasteiger partial charge < -0.3 is 9.64 Å². The second-order valence-corrected chi connectivity index (χ2v) is 4.38. The minimum absolute atomic E-state index is 0.335. The topological polar surface area (TPSA) is 49.1 Å². The van der Waals surface area contributed by atoms with Crippen LogP contribution in [0.25, 0.3) is 0 Å². The molecule has 0 fully saturated rings. The van der Waals surface area contributed by atoms with E-state index < -0.39 is 0 Å². The number of methoxy groups -OCH3 is 1. The standard InChI is InChI=1S/C14H21N3O/c1-5-12(3)17(8-9-18-4)14-13(10-15)7-6-11(2)16-14/h6-7,12H,5,8-9H2,1-4H3. The molecule has 1 rings (SSSR count). The van der Waals surface area contributed by atoms with E-state index in [-0.39, 0.29) is 0 Å². The molecule has 0 spiro atoms. The normalized spacial score (nSPS) is 11.9. The van der Waals surface area contributed by atoms with Gasteiger partial charge in [-0.15, -0.1) is 0 Å². The molecule has 4 nitrogen and oxygen atoms in total. The van der Waals surface area contributed by atoms with Crippen LogP contribution in [0.5, 0.6) is 0 Å². The van der Waals surface area contributed by atoms with Crippen molar-refractivity contribution >= 4 is 5.82 Å². The molecule has 18 heavy (non-hydrogen) atoms. The zero-order chi connectivity index (χ0) is 13.5. The van der Waals surface area contributed by atoms with Gasteiger partial charge in [-0.25, -0.2) is 4.98 Å². The molecular weight excluding hydrogens is 226 g/mol. The van der Waals surface area contributed by atoms with E-state index in [0.717, 1.165) is 24.5 Å². The van der Waals surface area contributed by atoms with Gasteiger partial charge in [-0.1, -0.05) is 6.92 Å². The van der Waals surface area contributed by atoms with Gasteiger partial charge in [0.15, 0.2) is 0 Å². The molecule has 0 N–H and O–H groups in total. The summed E-state index contributed by atoms with van der Waals surface area (Å²) in [6.45, 7) is 7.59. The third-order valence-corrected chi connectivity index (χ3v) is 3.07. The summed E-state index contributed by atoms with van der Waals surface area (Å²) in [5.41, 5.74) is 1.55. The molecule has 0 radical (unpaired) electrons. The minimum atomic E-state index is 0.335. The van der Waals surface area contributed by atoms with Gasteiger partial charge >= 0.3 is 0 Å². The fourth-order valence-corrected chi connectivity index (χ4v) is 1.79. The summed E-state index contributed by atoms with van der Waals surface area (Å²) in [5.74, 6) is 0.768. The van der Waals surface area contributed by atoms with Gasteiger partial charge in [0, 0.05) is 25.4 Å². The number of hydrogen-bond acceptors (Lipinski definition) is 4. The van der Waals surface area contributed by atoms with Crippen molar-refractivity contribution in [3.8, 4) is 6.07 Å². The Morgan fingerprint density at radius 1 is 1.50 bits per heavy atom. The van der Waals surface area contributed by atoms with Crippen molar-refractivity contribution in [2.45, 2.75) is 33.2 Å². The fraction of sp³-hybridized carbons (Fsp3) is 0.571. The number of hydrogen-bond donors (Lipinski definition) is 0. The van der Waals surface area contributed by atoms with Crippen molar-refractivity contribution in [1.82, 2.24) is 4.98 Å². The molecule has 1 heterocycles. The number of anilines is 1. The first-order valence-electron chi connectivity index (χ1n) is 6.27. The summed E-state index contributed by atoms with van der Waals surface area (Å²) in [6.07, 6.45) is 1.00. The van der Waals surface area contributed by atoms with Crippen molar-refractivity contribution in [3.63, 3.8) is 0 Å². The molecule has 98 valence electrons. The molecule has 0 saturated carbocycles. The number of aromatic nitrogens is 1. The molecule has 0 aliphatic carbocycles. The van der Waals surface area contributed by atoms with Crippen LogP contribution in [0.4, 0.5) is 5.82 Å². The Bertz CT molecular complexity index is 426. The van der Waals surface area contributed by atoms with Crippen LogP contribution in [-0.4, -0.2) is 31.3 Å². The van der Waals surface area contributed by atoms with Gasteiger partial charge in [0.2, 0.25) is 0 Å². The molecule has 1 atom stereocenters. The molecule has 4 heteroatoms. The average Bonchev–Trinajstić information content (AvgIpc) is 2.39. The van der Waals surface area contributed by atoms with E-state index in [1.807, 2.05) is 19.1 Å². The van der Waals surface area contributed by atoms with E-state index in [4.69, 9.17) is 4.74 Å². The average molecular weight is 247 g/mol. The fourth-order valence-electron chi connectivity index (χ4n) is 1.79. The predicted octanol–water partition coefficient (Wildman–Crippen LogP) is 2.51. The SMILES string of the molecule is CCC(C)N(CCOC)c1nc(C)ccc1C#N. The van der Waals surface area contributed by atoms with Gasteiger partial charge in [-0.3, -0.25) is 0 Å². The van der Waals surface area contributed by atoms with Crippen LogP contribution in [0.1, 0.15) is 31.5 Å². The maximum Gasteiger partial charge on any atom is 0.147 e. The summed E-state index contributed by atoms with van der Waals surface area (Å²) in [7, 11) is 1.68. The van der Waals surface area contributed by atoms with E-state index >= 15 is 0 Å². The quantitative estimate of drug-likeness (QED) is 0.775. The Morgan fingerprint density at radius 2 is 2.22 bits per heavy atom. The molecule has 1 aromatic heterocycles. The summed E-state index contributed by atoms with van der Waals surface area (Å²) in [4.78, 5) is 6.66.